The molecule has 4 nitrogen and oxygen atoms in total. The molecule has 2 rings (SSSR count). The zero-order valence-corrected chi connectivity index (χ0v) is 10.7. The Hall–Kier alpha value is -1.68. The van der Waals surface area contributed by atoms with E-state index < -0.39 is 16.4 Å². The summed E-state index contributed by atoms with van der Waals surface area (Å²) in [5.41, 5.74) is 10.9. The summed E-state index contributed by atoms with van der Waals surface area (Å²) in [6, 6.07) is -0.600. The molecule has 2 aliphatic rings. The number of primary amides is 1. The van der Waals surface area contributed by atoms with Crippen molar-refractivity contribution >= 4 is 17.6 Å². The highest BCUT2D eigenvalue weighted by Gasteiger charge is 2.48. The minimum atomic E-state index is -0.803. The zero-order valence-electron chi connectivity index (χ0n) is 9.90. The van der Waals surface area contributed by atoms with Crippen molar-refractivity contribution in [2.75, 3.05) is 0 Å². The molecular weight excluding hydrogens is 250 g/mol. The maximum atomic E-state index is 11.3. The lowest BCUT2D eigenvalue weighted by Crippen LogP contribution is -2.61. The summed E-state index contributed by atoms with van der Waals surface area (Å²) in [5, 5.41) is 2.76. The number of alkyl halides is 1. The third kappa shape index (κ3) is 2.16. The second-order valence-electron chi connectivity index (χ2n) is 4.57. The van der Waals surface area contributed by atoms with Crippen molar-refractivity contribution in [1.82, 2.24) is 5.32 Å². The Morgan fingerprint density at radius 3 is 2.67 bits per heavy atom. The van der Waals surface area contributed by atoms with Gasteiger partial charge in [-0.1, -0.05) is 30.4 Å². The molecule has 0 saturated carbocycles. The number of allylic oxidation sites excluding steroid dienone is 4. The van der Waals surface area contributed by atoms with Crippen LogP contribution in [0.2, 0.25) is 0 Å². The fourth-order valence-corrected chi connectivity index (χ4v) is 2.80. The lowest BCUT2D eigenvalue weighted by atomic mass is 9.74. The Morgan fingerprint density at radius 1 is 1.33 bits per heavy atom. The van der Waals surface area contributed by atoms with Crippen molar-refractivity contribution in [2.45, 2.75) is 23.3 Å². The van der Waals surface area contributed by atoms with Crippen LogP contribution >= 0.6 is 11.6 Å². The third-order valence-corrected chi connectivity index (χ3v) is 3.88. The Balaban J connectivity index is 2.41. The third-order valence-electron chi connectivity index (χ3n) is 3.28. The molecule has 0 bridgehead atoms. The van der Waals surface area contributed by atoms with Crippen LogP contribution in [0.15, 0.2) is 48.2 Å². The average Bonchev–Trinajstić information content (AvgIpc) is 2.28. The smallest absolute Gasteiger partial charge is 0.312 e. The summed E-state index contributed by atoms with van der Waals surface area (Å²) in [7, 11) is 0. The van der Waals surface area contributed by atoms with Gasteiger partial charge in [-0.25, -0.2) is 4.79 Å². The first-order valence-corrected chi connectivity index (χ1v) is 6.11. The van der Waals surface area contributed by atoms with Gasteiger partial charge in [-0.3, -0.25) is 0 Å². The first kappa shape index (κ1) is 12.8. The van der Waals surface area contributed by atoms with E-state index in [0.29, 0.717) is 18.5 Å². The van der Waals surface area contributed by atoms with E-state index in [4.69, 9.17) is 23.1 Å². The highest BCUT2D eigenvalue weighted by Crippen LogP contribution is 2.42. The summed E-state index contributed by atoms with van der Waals surface area (Å²) in [6.07, 6.45) is 14.2. The molecule has 0 aromatic carbocycles. The van der Waals surface area contributed by atoms with Crippen LogP contribution in [-0.2, 0) is 0 Å². The summed E-state index contributed by atoms with van der Waals surface area (Å²) >= 11 is 6.69. The Morgan fingerprint density at radius 2 is 2.11 bits per heavy atom. The number of urea groups is 1. The molecule has 5 N–H and O–H groups in total. The second kappa shape index (κ2) is 4.53. The van der Waals surface area contributed by atoms with Crippen molar-refractivity contribution in [2.24, 2.45) is 11.5 Å². The molecule has 2 amide bonds. The van der Waals surface area contributed by atoms with Gasteiger partial charge in [-0.15, -0.1) is 11.6 Å². The van der Waals surface area contributed by atoms with E-state index in [1.807, 2.05) is 30.4 Å². The minimum Gasteiger partial charge on any atom is -0.399 e. The number of hydrogen-bond acceptors (Lipinski definition) is 2. The topological polar surface area (TPSA) is 81.1 Å². The standard InChI is InChI=1S/C13H16ClN3O/c14-12(6-4-5-10(15)9-12)13(17-11(16)18)7-2-1-3-8-13/h1-5,7,9H,6,8,15H2,(H3,16,17,18)/t12?,13-/m1/s1. The summed E-state index contributed by atoms with van der Waals surface area (Å²) < 4.78 is 0. The van der Waals surface area contributed by atoms with Gasteiger partial charge in [-0.2, -0.15) is 0 Å². The predicted octanol–water partition coefficient (Wildman–Crippen LogP) is 1.69. The number of nitrogens with one attached hydrogen (secondary N) is 1. The largest absolute Gasteiger partial charge is 0.399 e. The van der Waals surface area contributed by atoms with Crippen molar-refractivity contribution in [3.8, 4) is 0 Å². The summed E-state index contributed by atoms with van der Waals surface area (Å²) in [5.74, 6) is 0. The van der Waals surface area contributed by atoms with Crippen molar-refractivity contribution < 1.29 is 4.79 Å². The van der Waals surface area contributed by atoms with Crippen molar-refractivity contribution in [3.05, 3.63) is 48.2 Å². The van der Waals surface area contributed by atoms with Crippen molar-refractivity contribution in [3.63, 3.8) is 0 Å². The molecule has 0 radical (unpaired) electrons. The van der Waals surface area contributed by atoms with Crippen LogP contribution in [0, 0.1) is 0 Å². The van der Waals surface area contributed by atoms with Crippen LogP contribution in [-0.4, -0.2) is 16.4 Å². The minimum absolute atomic E-state index is 0.577. The van der Waals surface area contributed by atoms with Crippen LogP contribution in [0.1, 0.15) is 12.8 Å². The van der Waals surface area contributed by atoms with Gasteiger partial charge < -0.3 is 16.8 Å². The molecule has 0 aliphatic heterocycles. The molecule has 0 aromatic rings. The van der Waals surface area contributed by atoms with Gasteiger partial charge in [0.25, 0.3) is 0 Å². The predicted molar refractivity (Wildman–Crippen MR) is 73.0 cm³/mol. The number of halogens is 1. The van der Waals surface area contributed by atoms with E-state index in [2.05, 4.69) is 5.32 Å². The lowest BCUT2D eigenvalue weighted by molar-refractivity contribution is 0.233. The second-order valence-corrected chi connectivity index (χ2v) is 5.24. The summed E-state index contributed by atoms with van der Waals surface area (Å²) in [6.45, 7) is 0. The molecule has 0 aromatic heterocycles. The average molecular weight is 266 g/mol. The van der Waals surface area contributed by atoms with E-state index in [0.717, 1.165) is 0 Å². The lowest BCUT2D eigenvalue weighted by Gasteiger charge is -2.44. The number of rotatable bonds is 2. The first-order valence-electron chi connectivity index (χ1n) is 5.73. The van der Waals surface area contributed by atoms with E-state index in [9.17, 15) is 4.79 Å². The molecule has 0 saturated heterocycles. The molecule has 2 atom stereocenters. The van der Waals surface area contributed by atoms with Gasteiger partial charge in [0.05, 0.1) is 10.4 Å². The number of amides is 2. The Kier molecular flexibility index (Phi) is 3.22. The fourth-order valence-electron chi connectivity index (χ4n) is 2.39. The quantitative estimate of drug-likeness (QED) is 0.664. The first-order chi connectivity index (χ1) is 8.47. The van der Waals surface area contributed by atoms with Gasteiger partial charge in [0.2, 0.25) is 0 Å². The Labute approximate surface area is 111 Å². The highest BCUT2D eigenvalue weighted by molar-refractivity contribution is 6.27. The maximum Gasteiger partial charge on any atom is 0.312 e. The summed E-state index contributed by atoms with van der Waals surface area (Å²) in [4.78, 5) is 10.5. The monoisotopic (exact) mass is 265 g/mol. The molecule has 2 aliphatic carbocycles. The molecule has 5 heteroatoms. The van der Waals surface area contributed by atoms with Crippen LogP contribution in [0.4, 0.5) is 4.79 Å². The van der Waals surface area contributed by atoms with Crippen LogP contribution in [0.5, 0.6) is 0 Å². The number of nitrogens with two attached hydrogens (primary N) is 2. The molecular formula is C13H16ClN3O. The van der Waals surface area contributed by atoms with E-state index in [1.165, 1.54) is 0 Å². The Bertz CT molecular complexity index is 481. The van der Waals surface area contributed by atoms with Crippen LogP contribution < -0.4 is 16.8 Å². The highest BCUT2D eigenvalue weighted by atomic mass is 35.5. The van der Waals surface area contributed by atoms with Crippen LogP contribution in [0.3, 0.4) is 0 Å². The molecule has 18 heavy (non-hydrogen) atoms. The molecule has 96 valence electrons. The molecule has 0 heterocycles. The molecule has 0 spiro atoms. The fraction of sp³-hybridized carbons (Fsp3) is 0.308. The number of carbonyl (C=O) groups is 1. The van der Waals surface area contributed by atoms with Crippen LogP contribution in [0.25, 0.3) is 0 Å². The van der Waals surface area contributed by atoms with Gasteiger partial charge in [0, 0.05) is 5.70 Å². The van der Waals surface area contributed by atoms with Crippen molar-refractivity contribution in [1.29, 1.82) is 0 Å². The normalized spacial score (nSPS) is 34.2. The number of hydrogen-bond donors (Lipinski definition) is 3. The van der Waals surface area contributed by atoms with E-state index in [-0.39, 0.29) is 0 Å². The molecule has 1 unspecified atom stereocenters. The van der Waals surface area contributed by atoms with Gasteiger partial charge >= 0.3 is 6.03 Å². The maximum absolute atomic E-state index is 11.3. The molecule has 0 fully saturated rings. The van der Waals surface area contributed by atoms with Gasteiger partial charge in [-0.05, 0) is 25.0 Å². The van der Waals surface area contributed by atoms with Gasteiger partial charge in [0.15, 0.2) is 0 Å². The SMILES string of the molecule is NC(=O)N[C@]1(C2(Cl)C=C(N)C=CC2)C=CC=CC1. The van der Waals surface area contributed by atoms with E-state index in [1.54, 1.807) is 12.2 Å². The van der Waals surface area contributed by atoms with E-state index >= 15 is 0 Å². The van der Waals surface area contributed by atoms with Gasteiger partial charge in [0.1, 0.15) is 0 Å². The zero-order chi connectivity index (χ0) is 13.2. The number of carbonyl (C=O) groups excluding carboxylic acids is 1.